The molecule has 0 radical (unpaired) electrons. The maximum absolute atomic E-state index is 11.6. The predicted molar refractivity (Wildman–Crippen MR) is 66.3 cm³/mol. The summed E-state index contributed by atoms with van der Waals surface area (Å²) < 4.78 is 5.32. The van der Waals surface area contributed by atoms with Crippen LogP contribution in [-0.2, 0) is 11.3 Å². The summed E-state index contributed by atoms with van der Waals surface area (Å²) in [7, 11) is 0. The Balaban J connectivity index is 1.39. The lowest BCUT2D eigenvalue weighted by atomic mass is 10.1. The van der Waals surface area contributed by atoms with Crippen molar-refractivity contribution < 1.29 is 9.32 Å². The highest BCUT2D eigenvalue weighted by Gasteiger charge is 2.36. The number of fused-ring (bicyclic) bond motifs is 1. The van der Waals surface area contributed by atoms with Crippen LogP contribution in [0.5, 0.6) is 0 Å². The molecule has 1 saturated carbocycles. The van der Waals surface area contributed by atoms with Crippen LogP contribution in [0.4, 0.5) is 0 Å². The van der Waals surface area contributed by atoms with E-state index in [1.54, 1.807) is 0 Å². The number of hydrogen-bond donors (Lipinski definition) is 0. The number of hydrogen-bond acceptors (Lipinski definition) is 5. The first-order valence-electron chi connectivity index (χ1n) is 7.14. The van der Waals surface area contributed by atoms with Gasteiger partial charge in [-0.3, -0.25) is 9.69 Å². The lowest BCUT2D eigenvalue weighted by Crippen LogP contribution is -2.50. The summed E-state index contributed by atoms with van der Waals surface area (Å²) in [4.78, 5) is 20.4. The fraction of sp³-hybridized carbons (Fsp3) is 0.769. The molecule has 1 atom stereocenters. The number of aromatic nitrogens is 2. The number of amides is 1. The molecule has 3 heterocycles. The summed E-state index contributed by atoms with van der Waals surface area (Å²) in [6.45, 7) is 3.40. The van der Waals surface area contributed by atoms with Crippen molar-refractivity contribution in [3.63, 3.8) is 0 Å². The molecular weight excluding hydrogens is 244 g/mol. The van der Waals surface area contributed by atoms with Crippen LogP contribution in [0.1, 0.15) is 43.3 Å². The van der Waals surface area contributed by atoms with Crippen molar-refractivity contribution in [2.45, 2.75) is 44.2 Å². The summed E-state index contributed by atoms with van der Waals surface area (Å²) >= 11 is 0. The second-order valence-electron chi connectivity index (χ2n) is 5.84. The molecule has 2 aliphatic heterocycles. The first-order chi connectivity index (χ1) is 9.29. The van der Waals surface area contributed by atoms with E-state index in [-0.39, 0.29) is 0 Å². The molecule has 6 heteroatoms. The van der Waals surface area contributed by atoms with E-state index >= 15 is 0 Å². The van der Waals surface area contributed by atoms with Gasteiger partial charge in [0.05, 0.1) is 6.54 Å². The van der Waals surface area contributed by atoms with E-state index < -0.39 is 0 Å². The molecule has 6 nitrogen and oxygen atoms in total. The van der Waals surface area contributed by atoms with Gasteiger partial charge in [0, 0.05) is 38.0 Å². The van der Waals surface area contributed by atoms with E-state index in [0.29, 0.717) is 24.3 Å². The van der Waals surface area contributed by atoms with Gasteiger partial charge in [0.25, 0.3) is 0 Å². The summed E-state index contributed by atoms with van der Waals surface area (Å²) in [5.41, 5.74) is 0. The van der Waals surface area contributed by atoms with E-state index in [9.17, 15) is 4.79 Å². The van der Waals surface area contributed by atoms with Crippen LogP contribution < -0.4 is 0 Å². The molecule has 1 aromatic heterocycles. The summed E-state index contributed by atoms with van der Waals surface area (Å²) in [6, 6.07) is 0.395. The lowest BCUT2D eigenvalue weighted by molar-refractivity contribution is -0.130. The van der Waals surface area contributed by atoms with Crippen molar-refractivity contribution in [2.24, 2.45) is 0 Å². The molecule has 1 aliphatic carbocycles. The number of carbonyl (C=O) groups excluding carboxylic acids is 1. The van der Waals surface area contributed by atoms with Gasteiger partial charge in [0.15, 0.2) is 5.82 Å². The Morgan fingerprint density at radius 1 is 1.26 bits per heavy atom. The molecule has 1 unspecified atom stereocenters. The monoisotopic (exact) mass is 262 g/mol. The number of rotatable bonds is 3. The quantitative estimate of drug-likeness (QED) is 0.804. The van der Waals surface area contributed by atoms with Crippen LogP contribution in [-0.4, -0.2) is 51.5 Å². The zero-order chi connectivity index (χ0) is 12.8. The molecule has 3 fully saturated rings. The molecule has 4 rings (SSSR count). The SMILES string of the molecule is O=C1CCC2CN(Cc3nc(C4CC4)no3)CCN12. The summed E-state index contributed by atoms with van der Waals surface area (Å²) in [5, 5.41) is 4.04. The van der Waals surface area contributed by atoms with Crippen LogP contribution in [0, 0.1) is 0 Å². The highest BCUT2D eigenvalue weighted by Crippen LogP contribution is 2.38. The van der Waals surface area contributed by atoms with Gasteiger partial charge in [-0.05, 0) is 19.3 Å². The molecule has 0 N–H and O–H groups in total. The van der Waals surface area contributed by atoms with E-state index in [4.69, 9.17) is 4.52 Å². The maximum Gasteiger partial charge on any atom is 0.240 e. The minimum Gasteiger partial charge on any atom is -0.338 e. The van der Waals surface area contributed by atoms with Crippen molar-refractivity contribution in [1.82, 2.24) is 19.9 Å². The third-order valence-corrected chi connectivity index (χ3v) is 4.36. The van der Waals surface area contributed by atoms with Gasteiger partial charge in [-0.15, -0.1) is 0 Å². The second kappa shape index (κ2) is 4.30. The van der Waals surface area contributed by atoms with Crippen LogP contribution in [0.25, 0.3) is 0 Å². The lowest BCUT2D eigenvalue weighted by Gasteiger charge is -2.36. The van der Waals surface area contributed by atoms with Crippen molar-refractivity contribution in [1.29, 1.82) is 0 Å². The van der Waals surface area contributed by atoms with Gasteiger partial charge in [0.2, 0.25) is 11.8 Å². The Labute approximate surface area is 111 Å². The summed E-state index contributed by atoms with van der Waals surface area (Å²) in [6.07, 6.45) is 4.10. The smallest absolute Gasteiger partial charge is 0.240 e. The predicted octanol–water partition coefficient (Wildman–Crippen LogP) is 0.754. The van der Waals surface area contributed by atoms with Gasteiger partial charge in [-0.25, -0.2) is 0 Å². The van der Waals surface area contributed by atoms with Crippen LogP contribution in [0.15, 0.2) is 4.52 Å². The van der Waals surface area contributed by atoms with Gasteiger partial charge in [0.1, 0.15) is 0 Å². The molecule has 19 heavy (non-hydrogen) atoms. The highest BCUT2D eigenvalue weighted by molar-refractivity contribution is 5.78. The fourth-order valence-electron chi connectivity index (χ4n) is 3.10. The Kier molecular flexibility index (Phi) is 2.58. The number of piperazine rings is 1. The van der Waals surface area contributed by atoms with E-state index in [2.05, 4.69) is 15.0 Å². The standard InChI is InChI=1S/C13H18N4O2/c18-12-4-3-10-7-16(5-6-17(10)12)8-11-14-13(15-19-11)9-1-2-9/h9-10H,1-8H2. The Morgan fingerprint density at radius 3 is 3.00 bits per heavy atom. The molecular formula is C13H18N4O2. The zero-order valence-corrected chi connectivity index (χ0v) is 10.9. The highest BCUT2D eigenvalue weighted by atomic mass is 16.5. The van der Waals surface area contributed by atoms with Gasteiger partial charge in [-0.2, -0.15) is 4.98 Å². The van der Waals surface area contributed by atoms with Crippen LogP contribution in [0.2, 0.25) is 0 Å². The zero-order valence-electron chi connectivity index (χ0n) is 10.9. The van der Waals surface area contributed by atoms with Crippen LogP contribution in [0.3, 0.4) is 0 Å². The molecule has 0 bridgehead atoms. The molecule has 2 saturated heterocycles. The van der Waals surface area contributed by atoms with E-state index in [1.807, 2.05) is 4.90 Å². The minimum atomic E-state index is 0.318. The van der Waals surface area contributed by atoms with Crippen molar-refractivity contribution in [3.05, 3.63) is 11.7 Å². The van der Waals surface area contributed by atoms with Crippen molar-refractivity contribution in [3.8, 4) is 0 Å². The van der Waals surface area contributed by atoms with E-state index in [0.717, 1.165) is 44.3 Å². The third-order valence-electron chi connectivity index (χ3n) is 4.36. The van der Waals surface area contributed by atoms with Crippen molar-refractivity contribution in [2.75, 3.05) is 19.6 Å². The second-order valence-corrected chi connectivity index (χ2v) is 5.84. The molecule has 3 aliphatic rings. The molecule has 1 aromatic rings. The number of nitrogens with zero attached hydrogens (tertiary/aromatic N) is 4. The Bertz CT molecular complexity index is 497. The largest absolute Gasteiger partial charge is 0.338 e. The first kappa shape index (κ1) is 11.4. The number of carbonyl (C=O) groups is 1. The molecule has 1 amide bonds. The minimum absolute atomic E-state index is 0.318. The van der Waals surface area contributed by atoms with E-state index in [1.165, 1.54) is 12.8 Å². The van der Waals surface area contributed by atoms with Gasteiger partial charge in [-0.1, -0.05) is 5.16 Å². The Morgan fingerprint density at radius 2 is 2.16 bits per heavy atom. The fourth-order valence-corrected chi connectivity index (χ4v) is 3.10. The van der Waals surface area contributed by atoms with Crippen LogP contribution >= 0.6 is 0 Å². The normalized spacial score (nSPS) is 27.9. The maximum atomic E-state index is 11.6. The molecule has 0 aromatic carbocycles. The topological polar surface area (TPSA) is 62.5 Å². The Hall–Kier alpha value is -1.43. The summed E-state index contributed by atoms with van der Waals surface area (Å²) in [5.74, 6) is 2.46. The first-order valence-corrected chi connectivity index (χ1v) is 7.14. The molecule has 102 valence electrons. The average Bonchev–Trinajstić information content (AvgIpc) is 3.07. The van der Waals surface area contributed by atoms with Gasteiger partial charge < -0.3 is 9.42 Å². The van der Waals surface area contributed by atoms with Crippen molar-refractivity contribution >= 4 is 5.91 Å². The third kappa shape index (κ3) is 2.14. The molecule has 0 spiro atoms. The van der Waals surface area contributed by atoms with Gasteiger partial charge >= 0.3 is 0 Å². The average molecular weight is 262 g/mol.